The van der Waals surface area contributed by atoms with Crippen molar-refractivity contribution in [1.82, 2.24) is 15.8 Å². The van der Waals surface area contributed by atoms with Gasteiger partial charge in [0.2, 0.25) is 5.91 Å². The second-order valence-electron chi connectivity index (χ2n) is 5.56. The van der Waals surface area contributed by atoms with Crippen LogP contribution < -0.4 is 16.2 Å². The summed E-state index contributed by atoms with van der Waals surface area (Å²) in [4.78, 5) is 35.4. The molecule has 0 spiro atoms. The summed E-state index contributed by atoms with van der Waals surface area (Å²) in [5.74, 6) is -0.387. The number of amides is 2. The molecular formula is C15H19N5O4S. The average Bonchev–Trinajstić information content (AvgIpc) is 2.78. The molecule has 134 valence electrons. The van der Waals surface area contributed by atoms with Crippen molar-refractivity contribution in [3.05, 3.63) is 34.4 Å². The lowest BCUT2D eigenvalue weighted by Crippen LogP contribution is -2.48. The normalized spacial score (nSPS) is 14.4. The summed E-state index contributed by atoms with van der Waals surface area (Å²) in [5.41, 5.74) is 5.48. The number of nitrogens with zero attached hydrogens (tertiary/aromatic N) is 2. The lowest BCUT2D eigenvalue weighted by Gasteiger charge is -2.20. The van der Waals surface area contributed by atoms with Gasteiger partial charge in [-0.3, -0.25) is 30.6 Å². The molecule has 0 bridgehead atoms. The topological polar surface area (TPSA) is 117 Å². The molecular weight excluding hydrogens is 346 g/mol. The van der Waals surface area contributed by atoms with Crippen LogP contribution in [0.25, 0.3) is 0 Å². The number of carbonyl (C=O) groups is 2. The van der Waals surface area contributed by atoms with E-state index < -0.39 is 4.92 Å². The third kappa shape index (κ3) is 5.99. The van der Waals surface area contributed by atoms with Gasteiger partial charge in [0.05, 0.1) is 4.92 Å². The van der Waals surface area contributed by atoms with Gasteiger partial charge in [0.15, 0.2) is 5.11 Å². The number of carbonyl (C=O) groups excluding carboxylic acids is 2. The van der Waals surface area contributed by atoms with Gasteiger partial charge in [0, 0.05) is 30.8 Å². The maximum Gasteiger partial charge on any atom is 0.269 e. The Balaban J connectivity index is 1.76. The zero-order valence-electron chi connectivity index (χ0n) is 13.5. The Kier molecular flexibility index (Phi) is 6.63. The van der Waals surface area contributed by atoms with Crippen molar-refractivity contribution in [2.24, 2.45) is 0 Å². The number of benzene rings is 1. The number of hydrazine groups is 1. The number of non-ortho nitro benzene ring substituents is 1. The van der Waals surface area contributed by atoms with Crippen LogP contribution in [0, 0.1) is 10.1 Å². The minimum atomic E-state index is -0.495. The van der Waals surface area contributed by atoms with Crippen LogP contribution in [0.4, 0.5) is 11.4 Å². The lowest BCUT2D eigenvalue weighted by molar-refractivity contribution is -0.384. The van der Waals surface area contributed by atoms with Crippen molar-refractivity contribution in [2.45, 2.75) is 25.7 Å². The Bertz CT molecular complexity index is 664. The van der Waals surface area contributed by atoms with Crippen LogP contribution in [0.5, 0.6) is 0 Å². The first-order chi connectivity index (χ1) is 12.0. The number of nitrogens with one attached hydrogen (secondary N) is 3. The molecule has 9 nitrogen and oxygen atoms in total. The van der Waals surface area contributed by atoms with E-state index in [9.17, 15) is 19.7 Å². The van der Waals surface area contributed by atoms with Crippen LogP contribution >= 0.6 is 12.2 Å². The van der Waals surface area contributed by atoms with E-state index in [0.717, 1.165) is 19.3 Å². The second-order valence-corrected chi connectivity index (χ2v) is 5.97. The highest BCUT2D eigenvalue weighted by Crippen LogP contribution is 2.15. The van der Waals surface area contributed by atoms with Crippen molar-refractivity contribution in [3.8, 4) is 0 Å². The number of hydrogen-bond acceptors (Lipinski definition) is 5. The standard InChI is InChI=1S/C15H19N5O4S/c21-13(10-19-9-3-1-2-4-14(19)22)17-18-15(25)16-11-5-7-12(8-6-11)20(23)24/h5-8H,1-4,9-10H2,(H,17,21)(H2,16,18,25). The second kappa shape index (κ2) is 8.92. The summed E-state index contributed by atoms with van der Waals surface area (Å²) in [6.45, 7) is 0.559. The number of likely N-dealkylation sites (tertiary alicyclic amines) is 1. The zero-order valence-corrected chi connectivity index (χ0v) is 14.3. The third-order valence-electron chi connectivity index (χ3n) is 3.66. The summed E-state index contributed by atoms with van der Waals surface area (Å²) < 4.78 is 0. The van der Waals surface area contributed by atoms with E-state index in [1.165, 1.54) is 29.2 Å². The summed E-state index contributed by atoms with van der Waals surface area (Å²) >= 11 is 5.04. The number of anilines is 1. The number of rotatable bonds is 4. The van der Waals surface area contributed by atoms with Crippen LogP contribution in [-0.2, 0) is 9.59 Å². The maximum atomic E-state index is 11.9. The molecule has 1 saturated heterocycles. The number of nitro benzene ring substituents is 1. The molecule has 0 aromatic heterocycles. The van der Waals surface area contributed by atoms with Crippen LogP contribution in [0.15, 0.2) is 24.3 Å². The average molecular weight is 365 g/mol. The summed E-state index contributed by atoms with van der Waals surface area (Å²) in [7, 11) is 0. The van der Waals surface area contributed by atoms with Gasteiger partial charge in [-0.15, -0.1) is 0 Å². The fraction of sp³-hybridized carbons (Fsp3) is 0.400. The van der Waals surface area contributed by atoms with Crippen LogP contribution in [0.2, 0.25) is 0 Å². The van der Waals surface area contributed by atoms with E-state index in [2.05, 4.69) is 16.2 Å². The number of hydrogen-bond donors (Lipinski definition) is 3. The monoisotopic (exact) mass is 365 g/mol. The predicted octanol–water partition coefficient (Wildman–Crippen LogP) is 1.32. The van der Waals surface area contributed by atoms with Gasteiger partial charge in [0.1, 0.15) is 6.54 Å². The highest BCUT2D eigenvalue weighted by molar-refractivity contribution is 7.80. The molecule has 3 N–H and O–H groups in total. The van der Waals surface area contributed by atoms with Gasteiger partial charge in [0.25, 0.3) is 11.6 Å². The van der Waals surface area contributed by atoms with Crippen molar-refractivity contribution < 1.29 is 14.5 Å². The van der Waals surface area contributed by atoms with Gasteiger partial charge in [-0.1, -0.05) is 6.42 Å². The maximum absolute atomic E-state index is 11.9. The van der Waals surface area contributed by atoms with Gasteiger partial charge in [-0.05, 0) is 37.2 Å². The lowest BCUT2D eigenvalue weighted by atomic mass is 10.2. The number of nitro groups is 1. The molecule has 0 aliphatic carbocycles. The number of thiocarbonyl (C=S) groups is 1. The minimum absolute atomic E-state index is 0.0146. The molecule has 2 amide bonds. The SMILES string of the molecule is O=C(CN1CCCCCC1=O)NNC(=S)Nc1ccc([N+](=O)[O-])cc1. The Morgan fingerprint density at radius 1 is 1.20 bits per heavy atom. The van der Waals surface area contributed by atoms with E-state index in [4.69, 9.17) is 12.2 Å². The zero-order chi connectivity index (χ0) is 18.2. The fourth-order valence-electron chi connectivity index (χ4n) is 2.37. The Morgan fingerprint density at radius 3 is 2.60 bits per heavy atom. The molecule has 1 heterocycles. The third-order valence-corrected chi connectivity index (χ3v) is 3.86. The van der Waals surface area contributed by atoms with E-state index in [-0.39, 0.29) is 29.2 Å². The largest absolute Gasteiger partial charge is 0.333 e. The van der Waals surface area contributed by atoms with Gasteiger partial charge in [-0.2, -0.15) is 0 Å². The van der Waals surface area contributed by atoms with Gasteiger partial charge in [-0.25, -0.2) is 0 Å². The summed E-state index contributed by atoms with van der Waals surface area (Å²) in [5, 5.41) is 13.5. The molecule has 25 heavy (non-hydrogen) atoms. The van der Waals surface area contributed by atoms with Crippen molar-refractivity contribution in [2.75, 3.05) is 18.4 Å². The van der Waals surface area contributed by atoms with Crippen molar-refractivity contribution >= 4 is 40.5 Å². The molecule has 1 fully saturated rings. The molecule has 0 atom stereocenters. The van der Waals surface area contributed by atoms with Crippen LogP contribution in [0.1, 0.15) is 25.7 Å². The first-order valence-corrected chi connectivity index (χ1v) is 8.24. The Morgan fingerprint density at radius 2 is 1.92 bits per heavy atom. The molecule has 0 saturated carbocycles. The molecule has 1 aromatic rings. The molecule has 1 aromatic carbocycles. The molecule has 1 aliphatic heterocycles. The van der Waals surface area contributed by atoms with Crippen molar-refractivity contribution in [1.29, 1.82) is 0 Å². The summed E-state index contributed by atoms with van der Waals surface area (Å²) in [6, 6.07) is 5.69. The first kappa shape index (κ1) is 18.6. The highest BCUT2D eigenvalue weighted by atomic mass is 32.1. The molecule has 2 rings (SSSR count). The molecule has 0 radical (unpaired) electrons. The van der Waals surface area contributed by atoms with Crippen LogP contribution in [0.3, 0.4) is 0 Å². The molecule has 1 aliphatic rings. The Labute approximate surface area is 149 Å². The predicted molar refractivity (Wildman–Crippen MR) is 95.6 cm³/mol. The fourth-order valence-corrected chi connectivity index (χ4v) is 2.54. The summed E-state index contributed by atoms with van der Waals surface area (Å²) in [6.07, 6.45) is 3.22. The highest BCUT2D eigenvalue weighted by Gasteiger charge is 2.19. The van der Waals surface area contributed by atoms with E-state index in [0.29, 0.717) is 18.7 Å². The molecule has 10 heteroatoms. The minimum Gasteiger partial charge on any atom is -0.333 e. The Hall–Kier alpha value is -2.75. The van der Waals surface area contributed by atoms with E-state index in [1.54, 1.807) is 0 Å². The van der Waals surface area contributed by atoms with Gasteiger partial charge < -0.3 is 10.2 Å². The van der Waals surface area contributed by atoms with E-state index >= 15 is 0 Å². The van der Waals surface area contributed by atoms with Gasteiger partial charge >= 0.3 is 0 Å². The van der Waals surface area contributed by atoms with Crippen molar-refractivity contribution in [3.63, 3.8) is 0 Å². The molecule has 0 unspecified atom stereocenters. The van der Waals surface area contributed by atoms with E-state index in [1.807, 2.05) is 0 Å². The first-order valence-electron chi connectivity index (χ1n) is 7.84. The quantitative estimate of drug-likeness (QED) is 0.418. The van der Waals surface area contributed by atoms with Crippen LogP contribution in [-0.4, -0.2) is 39.8 Å². The smallest absolute Gasteiger partial charge is 0.269 e.